The van der Waals surface area contributed by atoms with Gasteiger partial charge in [-0.15, -0.1) is 0 Å². The maximum absolute atomic E-state index is 13.5. The van der Waals surface area contributed by atoms with Crippen LogP contribution >= 0.6 is 0 Å². The molecule has 8 unspecified atom stereocenters. The number of aliphatic hydroxyl groups is 5. The highest BCUT2D eigenvalue weighted by atomic mass is 16.7. The maximum atomic E-state index is 13.5. The van der Waals surface area contributed by atoms with Gasteiger partial charge in [0, 0.05) is 6.42 Å². The number of rotatable bonds is 62. The summed E-state index contributed by atoms with van der Waals surface area (Å²) in [7, 11) is 0. The van der Waals surface area contributed by atoms with Crippen LogP contribution < -0.4 is 5.32 Å². The fourth-order valence-corrected chi connectivity index (χ4v) is 10.9. The van der Waals surface area contributed by atoms with Gasteiger partial charge >= 0.3 is 5.97 Å². The lowest BCUT2D eigenvalue weighted by molar-refractivity contribution is -0.305. The van der Waals surface area contributed by atoms with Gasteiger partial charge in [-0.2, -0.15) is 0 Å². The van der Waals surface area contributed by atoms with Gasteiger partial charge < -0.3 is 45.1 Å². The number of allylic oxidation sites excluding steroid dienone is 17. The molecule has 0 aromatic carbocycles. The Morgan fingerprint density at radius 1 is 0.449 bits per heavy atom. The van der Waals surface area contributed by atoms with E-state index in [1.165, 1.54) is 154 Å². The molecule has 0 radical (unpaired) electrons. The number of aliphatic hydroxyl groups excluding tert-OH is 5. The van der Waals surface area contributed by atoms with Crippen molar-refractivity contribution < 1.29 is 49.3 Å². The number of hydrogen-bond acceptors (Lipinski definition) is 10. The summed E-state index contributed by atoms with van der Waals surface area (Å²) in [5.74, 6) is -1.21. The molecular formula is C78H135NO10. The van der Waals surface area contributed by atoms with Gasteiger partial charge in [0.15, 0.2) is 12.4 Å². The lowest BCUT2D eigenvalue weighted by Gasteiger charge is -2.41. The van der Waals surface area contributed by atoms with Gasteiger partial charge in [0.1, 0.15) is 24.4 Å². The topological polar surface area (TPSA) is 175 Å². The maximum Gasteiger partial charge on any atom is 0.306 e. The molecule has 512 valence electrons. The summed E-state index contributed by atoms with van der Waals surface area (Å²) < 4.78 is 17.7. The van der Waals surface area contributed by atoms with Crippen LogP contribution in [0.25, 0.3) is 0 Å². The van der Waals surface area contributed by atoms with Crippen molar-refractivity contribution in [3.05, 3.63) is 109 Å². The van der Waals surface area contributed by atoms with E-state index in [9.17, 15) is 35.1 Å². The highest BCUT2D eigenvalue weighted by Gasteiger charge is 2.47. The second-order valence-corrected chi connectivity index (χ2v) is 24.9. The summed E-state index contributed by atoms with van der Waals surface area (Å²) >= 11 is 0. The summed E-state index contributed by atoms with van der Waals surface area (Å²) in [6.07, 6.45) is 78.4. The van der Waals surface area contributed by atoms with Gasteiger partial charge in [-0.1, -0.05) is 304 Å². The Morgan fingerprint density at radius 3 is 1.24 bits per heavy atom. The number of esters is 1. The molecule has 0 bridgehead atoms. The molecule has 1 heterocycles. The fraction of sp³-hybridized carbons (Fsp3) is 0.744. The molecule has 1 amide bonds. The molecule has 0 spiro atoms. The molecule has 0 saturated carbocycles. The van der Waals surface area contributed by atoms with Crippen LogP contribution in [0.3, 0.4) is 0 Å². The second-order valence-electron chi connectivity index (χ2n) is 24.9. The molecule has 1 rings (SSSR count). The van der Waals surface area contributed by atoms with E-state index in [2.05, 4.69) is 123 Å². The van der Waals surface area contributed by atoms with E-state index in [1.54, 1.807) is 6.08 Å². The molecule has 11 nitrogen and oxygen atoms in total. The minimum absolute atomic E-state index is 0.116. The van der Waals surface area contributed by atoms with Gasteiger partial charge in [0.25, 0.3) is 0 Å². The average Bonchev–Trinajstić information content (AvgIpc) is 3.14. The molecule has 1 aliphatic heterocycles. The van der Waals surface area contributed by atoms with Crippen LogP contribution in [0.15, 0.2) is 109 Å². The van der Waals surface area contributed by atoms with Crippen molar-refractivity contribution in [1.29, 1.82) is 0 Å². The lowest BCUT2D eigenvalue weighted by Crippen LogP contribution is -2.61. The number of carbonyl (C=O) groups excluding carboxylic acids is 2. The largest absolute Gasteiger partial charge is 0.454 e. The van der Waals surface area contributed by atoms with E-state index < -0.39 is 67.4 Å². The summed E-state index contributed by atoms with van der Waals surface area (Å²) in [5, 5.41) is 57.3. The van der Waals surface area contributed by atoms with E-state index in [0.717, 1.165) is 109 Å². The molecule has 1 fully saturated rings. The third kappa shape index (κ3) is 51.5. The van der Waals surface area contributed by atoms with Crippen LogP contribution in [0.2, 0.25) is 0 Å². The average molecular weight is 1250 g/mol. The first kappa shape index (κ1) is 83.3. The third-order valence-corrected chi connectivity index (χ3v) is 16.7. The first-order valence-corrected chi connectivity index (χ1v) is 36.7. The summed E-state index contributed by atoms with van der Waals surface area (Å²) in [6.45, 7) is 5.67. The molecule has 0 aliphatic carbocycles. The summed E-state index contributed by atoms with van der Waals surface area (Å²) in [4.78, 5) is 26.7. The highest BCUT2D eigenvalue weighted by molar-refractivity contribution is 5.80. The Hall–Kier alpha value is -3.68. The van der Waals surface area contributed by atoms with Crippen LogP contribution in [0.5, 0.6) is 0 Å². The second kappa shape index (κ2) is 64.4. The SMILES string of the molecule is CC/C=C\C/C=C\C/C=C\C/C=C\C/C=C\CCCCCCC(O)C(=O)NC(COC1OC(CO)C(O)C(O)C1OC(=O)CCCCCCCCCCCCCCCC/C=C\C/C=C\C/C=C\CCCCC)C(O)/C=C/CCCCCCCCCCCCC. The number of unbranched alkanes of at least 4 members (excludes halogenated alkanes) is 32. The number of amides is 1. The quantitative estimate of drug-likeness (QED) is 0.0195. The monoisotopic (exact) mass is 1250 g/mol. The van der Waals surface area contributed by atoms with Crippen molar-refractivity contribution in [2.45, 2.75) is 359 Å². The molecule has 0 aromatic heterocycles. The van der Waals surface area contributed by atoms with Crippen LogP contribution in [-0.2, 0) is 23.8 Å². The van der Waals surface area contributed by atoms with E-state index in [1.807, 2.05) is 6.08 Å². The zero-order chi connectivity index (χ0) is 64.6. The first-order valence-electron chi connectivity index (χ1n) is 36.7. The Bertz CT molecular complexity index is 1870. The zero-order valence-corrected chi connectivity index (χ0v) is 57.0. The number of ether oxygens (including phenoxy) is 3. The van der Waals surface area contributed by atoms with Gasteiger partial charge in [-0.25, -0.2) is 0 Å². The van der Waals surface area contributed by atoms with Gasteiger partial charge in [0.05, 0.1) is 25.4 Å². The molecule has 0 aromatic rings. The van der Waals surface area contributed by atoms with E-state index in [0.29, 0.717) is 12.8 Å². The van der Waals surface area contributed by atoms with Gasteiger partial charge in [-0.3, -0.25) is 9.59 Å². The molecule has 1 aliphatic rings. The predicted molar refractivity (Wildman–Crippen MR) is 375 cm³/mol. The molecule has 8 atom stereocenters. The number of hydrogen-bond donors (Lipinski definition) is 6. The van der Waals surface area contributed by atoms with E-state index >= 15 is 0 Å². The van der Waals surface area contributed by atoms with Crippen LogP contribution in [0.4, 0.5) is 0 Å². The standard InChI is InChI=1S/C78H135NO10/c1-4-7-10-13-16-19-22-25-27-29-31-33-34-35-36-37-38-39-41-43-45-48-51-54-57-60-63-66-73(83)89-76-75(85)74(84)72(67-80)88-78(76)87-68-69(70(81)64-61-58-55-52-49-46-24-21-18-15-12-9-6-3)79-77(86)71(82)65-62-59-56-53-50-47-44-42-40-32-30-28-26-23-20-17-14-11-8-5-2/h8,11,16-17,19-20,25-28,31-33,40,44,47,61,64,69-72,74-76,78,80-82,84-85H,4-7,9-10,12-15,18,21-24,29-30,34-39,41-43,45-46,48-60,62-63,65-68H2,1-3H3,(H,79,86)/b11-8-,19-16-,20-17-,27-25-,28-26-,33-31-,40-32-,47-44-,64-61+. The van der Waals surface area contributed by atoms with E-state index in [4.69, 9.17) is 14.2 Å². The minimum atomic E-state index is -1.62. The molecule has 89 heavy (non-hydrogen) atoms. The zero-order valence-electron chi connectivity index (χ0n) is 57.0. The Labute approximate surface area is 545 Å². The normalized spacial score (nSPS) is 18.8. The van der Waals surface area contributed by atoms with Crippen molar-refractivity contribution in [2.75, 3.05) is 13.2 Å². The van der Waals surface area contributed by atoms with Crippen molar-refractivity contribution in [3.8, 4) is 0 Å². The number of nitrogens with one attached hydrogen (secondary N) is 1. The third-order valence-electron chi connectivity index (χ3n) is 16.7. The first-order chi connectivity index (χ1) is 43.7. The Kier molecular flexibility index (Phi) is 60.3. The van der Waals surface area contributed by atoms with Crippen LogP contribution in [0.1, 0.15) is 310 Å². The molecule has 11 heteroatoms. The molecule has 6 N–H and O–H groups in total. The van der Waals surface area contributed by atoms with Gasteiger partial charge in [0.2, 0.25) is 5.91 Å². The fourth-order valence-electron chi connectivity index (χ4n) is 10.9. The Balaban J connectivity index is 2.57. The molecular weight excluding hydrogens is 1110 g/mol. The molecule has 1 saturated heterocycles. The highest BCUT2D eigenvalue weighted by Crippen LogP contribution is 2.26. The van der Waals surface area contributed by atoms with Crippen LogP contribution in [-0.4, -0.2) is 99.6 Å². The lowest BCUT2D eigenvalue weighted by atomic mass is 9.99. The minimum Gasteiger partial charge on any atom is -0.454 e. The van der Waals surface area contributed by atoms with Gasteiger partial charge in [-0.05, 0) is 109 Å². The van der Waals surface area contributed by atoms with Crippen molar-refractivity contribution in [1.82, 2.24) is 5.32 Å². The van der Waals surface area contributed by atoms with Crippen LogP contribution in [0, 0.1) is 0 Å². The summed E-state index contributed by atoms with van der Waals surface area (Å²) in [6, 6.07) is -1.04. The summed E-state index contributed by atoms with van der Waals surface area (Å²) in [5.41, 5.74) is 0. The van der Waals surface area contributed by atoms with Crippen molar-refractivity contribution in [2.24, 2.45) is 0 Å². The smallest absolute Gasteiger partial charge is 0.306 e. The van der Waals surface area contributed by atoms with E-state index in [-0.39, 0.29) is 19.4 Å². The predicted octanol–water partition coefficient (Wildman–Crippen LogP) is 19.2. The Morgan fingerprint density at radius 2 is 0.809 bits per heavy atom. The van der Waals surface area contributed by atoms with Crippen molar-refractivity contribution in [3.63, 3.8) is 0 Å². The van der Waals surface area contributed by atoms with Crippen molar-refractivity contribution >= 4 is 11.9 Å². The number of carbonyl (C=O) groups is 2.